The van der Waals surface area contributed by atoms with E-state index in [1.54, 1.807) is 38.5 Å². The van der Waals surface area contributed by atoms with Crippen molar-refractivity contribution in [3.63, 3.8) is 0 Å². The molecular weight excluding hydrogens is 329 g/mol. The summed E-state index contributed by atoms with van der Waals surface area (Å²) in [5.74, 6) is 1.33. The number of carbonyl (C=O) groups excluding carboxylic acids is 1. The standard InChI is InChI=1S/C18H20FNO3S/c1-12(24-11-13-5-4-6-14(19)9-13)18(21)20-15-7-8-16(22-2)17(10-15)23-3/h4-10,12H,11H2,1-3H3,(H,20,21). The van der Waals surface area contributed by atoms with Crippen molar-refractivity contribution in [1.29, 1.82) is 0 Å². The van der Waals surface area contributed by atoms with Crippen LogP contribution in [0.2, 0.25) is 0 Å². The molecule has 1 unspecified atom stereocenters. The van der Waals surface area contributed by atoms with Gasteiger partial charge >= 0.3 is 0 Å². The number of carbonyl (C=O) groups is 1. The first-order valence-electron chi connectivity index (χ1n) is 7.42. The number of halogens is 1. The lowest BCUT2D eigenvalue weighted by atomic mass is 10.2. The number of hydrogen-bond acceptors (Lipinski definition) is 4. The molecule has 0 aromatic heterocycles. The summed E-state index contributed by atoms with van der Waals surface area (Å²) in [7, 11) is 3.10. The zero-order valence-electron chi connectivity index (χ0n) is 13.8. The average molecular weight is 349 g/mol. The lowest BCUT2D eigenvalue weighted by molar-refractivity contribution is -0.115. The van der Waals surface area contributed by atoms with Gasteiger partial charge in [0.2, 0.25) is 5.91 Å². The van der Waals surface area contributed by atoms with Crippen LogP contribution in [0, 0.1) is 5.82 Å². The fourth-order valence-corrected chi connectivity index (χ4v) is 2.91. The molecule has 4 nitrogen and oxygen atoms in total. The van der Waals surface area contributed by atoms with Gasteiger partial charge in [-0.3, -0.25) is 4.79 Å². The van der Waals surface area contributed by atoms with Crippen LogP contribution in [0.25, 0.3) is 0 Å². The molecule has 0 aliphatic rings. The Morgan fingerprint density at radius 3 is 2.58 bits per heavy atom. The normalized spacial score (nSPS) is 11.7. The molecule has 0 fully saturated rings. The second kappa shape index (κ2) is 8.59. The van der Waals surface area contributed by atoms with E-state index in [2.05, 4.69) is 5.32 Å². The monoisotopic (exact) mass is 349 g/mol. The first kappa shape index (κ1) is 18.1. The van der Waals surface area contributed by atoms with E-state index in [1.165, 1.54) is 23.9 Å². The molecule has 0 aliphatic heterocycles. The summed E-state index contributed by atoms with van der Waals surface area (Å²) in [6.45, 7) is 1.82. The van der Waals surface area contributed by atoms with Gasteiger partial charge in [0.05, 0.1) is 19.5 Å². The molecule has 24 heavy (non-hydrogen) atoms. The highest BCUT2D eigenvalue weighted by molar-refractivity contribution is 7.99. The van der Waals surface area contributed by atoms with E-state index < -0.39 is 0 Å². The average Bonchev–Trinajstić information content (AvgIpc) is 2.59. The minimum atomic E-state index is -0.277. The van der Waals surface area contributed by atoms with Crippen LogP contribution in [0.1, 0.15) is 12.5 Å². The topological polar surface area (TPSA) is 47.6 Å². The van der Waals surface area contributed by atoms with Gasteiger partial charge < -0.3 is 14.8 Å². The molecule has 0 spiro atoms. The molecule has 128 valence electrons. The second-order valence-electron chi connectivity index (χ2n) is 5.14. The number of hydrogen-bond donors (Lipinski definition) is 1. The van der Waals surface area contributed by atoms with Gasteiger partial charge in [-0.2, -0.15) is 0 Å². The quantitative estimate of drug-likeness (QED) is 0.817. The summed E-state index contributed by atoms with van der Waals surface area (Å²) in [6, 6.07) is 11.6. The van der Waals surface area contributed by atoms with Gasteiger partial charge in [0.25, 0.3) is 0 Å². The van der Waals surface area contributed by atoms with Crippen molar-refractivity contribution in [2.45, 2.75) is 17.9 Å². The number of amides is 1. The smallest absolute Gasteiger partial charge is 0.237 e. The molecular formula is C18H20FNO3S. The Morgan fingerprint density at radius 2 is 1.92 bits per heavy atom. The van der Waals surface area contributed by atoms with Gasteiger partial charge in [-0.1, -0.05) is 12.1 Å². The molecule has 2 aromatic rings. The van der Waals surface area contributed by atoms with Gasteiger partial charge in [-0.25, -0.2) is 4.39 Å². The fourth-order valence-electron chi connectivity index (χ4n) is 2.08. The Labute approximate surface area is 145 Å². The van der Waals surface area contributed by atoms with E-state index in [0.717, 1.165) is 5.56 Å². The highest BCUT2D eigenvalue weighted by Crippen LogP contribution is 2.30. The van der Waals surface area contributed by atoms with Crippen molar-refractivity contribution in [2.24, 2.45) is 0 Å². The molecule has 1 amide bonds. The minimum absolute atomic E-state index is 0.122. The van der Waals surface area contributed by atoms with E-state index in [4.69, 9.17) is 9.47 Å². The van der Waals surface area contributed by atoms with E-state index in [1.807, 2.05) is 13.0 Å². The number of benzene rings is 2. The summed E-state index contributed by atoms with van der Waals surface area (Å²) in [5, 5.41) is 2.57. The SMILES string of the molecule is COc1ccc(NC(=O)C(C)SCc2cccc(F)c2)cc1OC. The maximum Gasteiger partial charge on any atom is 0.237 e. The van der Waals surface area contributed by atoms with E-state index in [0.29, 0.717) is 22.9 Å². The second-order valence-corrected chi connectivity index (χ2v) is 6.47. The highest BCUT2D eigenvalue weighted by atomic mass is 32.2. The molecule has 0 heterocycles. The first-order chi connectivity index (χ1) is 11.5. The molecule has 6 heteroatoms. The van der Waals surface area contributed by atoms with Crippen LogP contribution < -0.4 is 14.8 Å². The van der Waals surface area contributed by atoms with Crippen molar-refractivity contribution in [3.05, 3.63) is 53.8 Å². The maximum absolute atomic E-state index is 13.2. The molecule has 0 aliphatic carbocycles. The Morgan fingerprint density at radius 1 is 1.17 bits per heavy atom. The van der Waals surface area contributed by atoms with Crippen molar-refractivity contribution in [1.82, 2.24) is 0 Å². The highest BCUT2D eigenvalue weighted by Gasteiger charge is 2.15. The number of anilines is 1. The largest absolute Gasteiger partial charge is 0.493 e. The molecule has 1 N–H and O–H groups in total. The summed E-state index contributed by atoms with van der Waals surface area (Å²) in [4.78, 5) is 12.3. The summed E-state index contributed by atoms with van der Waals surface area (Å²) >= 11 is 1.45. The molecule has 1 atom stereocenters. The van der Waals surface area contributed by atoms with Gasteiger partial charge in [0.1, 0.15) is 5.82 Å². The fraction of sp³-hybridized carbons (Fsp3) is 0.278. The minimum Gasteiger partial charge on any atom is -0.493 e. The van der Waals surface area contributed by atoms with Crippen molar-refractivity contribution >= 4 is 23.4 Å². The van der Waals surface area contributed by atoms with Crippen LogP contribution in [-0.4, -0.2) is 25.4 Å². The third-order valence-electron chi connectivity index (χ3n) is 3.41. The van der Waals surface area contributed by atoms with Crippen molar-refractivity contribution < 1.29 is 18.7 Å². The summed E-state index contributed by atoms with van der Waals surface area (Å²) in [6.07, 6.45) is 0. The number of ether oxygens (including phenoxy) is 2. The number of thioether (sulfide) groups is 1. The lowest BCUT2D eigenvalue weighted by Crippen LogP contribution is -2.22. The predicted molar refractivity (Wildman–Crippen MR) is 95.3 cm³/mol. The third kappa shape index (κ3) is 4.89. The molecule has 2 rings (SSSR count). The van der Waals surface area contributed by atoms with E-state index >= 15 is 0 Å². The molecule has 0 bridgehead atoms. The number of methoxy groups -OCH3 is 2. The molecule has 0 saturated carbocycles. The zero-order chi connectivity index (χ0) is 17.5. The van der Waals surface area contributed by atoms with Gasteiger partial charge in [-0.05, 0) is 36.8 Å². The maximum atomic E-state index is 13.2. The molecule has 2 aromatic carbocycles. The van der Waals surface area contributed by atoms with Crippen LogP contribution in [0.5, 0.6) is 11.5 Å². The molecule has 0 saturated heterocycles. The van der Waals surface area contributed by atoms with Gasteiger partial charge in [0.15, 0.2) is 11.5 Å². The number of nitrogens with one attached hydrogen (secondary N) is 1. The number of rotatable bonds is 7. The third-order valence-corrected chi connectivity index (χ3v) is 4.62. The summed E-state index contributed by atoms with van der Waals surface area (Å²) in [5.41, 5.74) is 1.49. The Bertz CT molecular complexity index is 708. The first-order valence-corrected chi connectivity index (χ1v) is 8.47. The van der Waals surface area contributed by atoms with Crippen LogP contribution in [-0.2, 0) is 10.5 Å². The van der Waals surface area contributed by atoms with Gasteiger partial charge in [-0.15, -0.1) is 11.8 Å². The van der Waals surface area contributed by atoms with Crippen LogP contribution >= 0.6 is 11.8 Å². The van der Waals surface area contributed by atoms with Crippen molar-refractivity contribution in [3.8, 4) is 11.5 Å². The molecule has 0 radical (unpaired) electrons. The van der Waals surface area contributed by atoms with Gasteiger partial charge in [0, 0.05) is 17.5 Å². The predicted octanol–water partition coefficient (Wildman–Crippen LogP) is 4.10. The van der Waals surface area contributed by atoms with E-state index in [9.17, 15) is 9.18 Å². The lowest BCUT2D eigenvalue weighted by Gasteiger charge is -2.14. The Kier molecular flexibility index (Phi) is 6.49. The van der Waals surface area contributed by atoms with E-state index in [-0.39, 0.29) is 17.0 Å². The van der Waals surface area contributed by atoms with Crippen LogP contribution in [0.15, 0.2) is 42.5 Å². The zero-order valence-corrected chi connectivity index (χ0v) is 14.7. The van der Waals surface area contributed by atoms with Crippen LogP contribution in [0.4, 0.5) is 10.1 Å². The summed E-state index contributed by atoms with van der Waals surface area (Å²) < 4.78 is 23.5. The van der Waals surface area contributed by atoms with Crippen molar-refractivity contribution in [2.75, 3.05) is 19.5 Å². The Balaban J connectivity index is 1.94. The van der Waals surface area contributed by atoms with Crippen LogP contribution in [0.3, 0.4) is 0 Å². The Hall–Kier alpha value is -2.21.